The average molecular weight is 364 g/mol. The first-order valence-electron chi connectivity index (χ1n) is 8.86. The standard InChI is InChI=1S/C23H12N2O3/c26-23(22-2-1-9-27-22)28-21-8-7-16-15-4-3-13-11-20-14(12-24-25-20)10-19(13)17(15)5-6-18(16)21/h1-12H. The smallest absolute Gasteiger partial charge is 0.379 e. The lowest BCUT2D eigenvalue weighted by Crippen LogP contribution is -2.11. The molecule has 4 aromatic rings. The van der Waals surface area contributed by atoms with Crippen LogP contribution in [0.4, 0.5) is 0 Å². The van der Waals surface area contributed by atoms with E-state index in [0.717, 1.165) is 43.2 Å². The van der Waals surface area contributed by atoms with Crippen molar-refractivity contribution in [2.24, 2.45) is 10.2 Å². The van der Waals surface area contributed by atoms with Crippen molar-refractivity contribution in [1.82, 2.24) is 0 Å². The van der Waals surface area contributed by atoms with Gasteiger partial charge in [-0.2, -0.15) is 10.2 Å². The zero-order valence-electron chi connectivity index (χ0n) is 14.5. The third-order valence-electron chi connectivity index (χ3n) is 5.16. The number of fused-ring (bicyclic) bond motifs is 6. The number of hydrogen-bond acceptors (Lipinski definition) is 5. The molecule has 1 aromatic heterocycles. The topological polar surface area (TPSA) is 64.2 Å². The molecule has 0 saturated heterocycles. The van der Waals surface area contributed by atoms with Gasteiger partial charge in [0.2, 0.25) is 5.76 Å². The molecule has 0 bridgehead atoms. The van der Waals surface area contributed by atoms with Gasteiger partial charge in [0.15, 0.2) is 0 Å². The Morgan fingerprint density at radius 2 is 1.89 bits per heavy atom. The van der Waals surface area contributed by atoms with Crippen LogP contribution in [0.2, 0.25) is 0 Å². The van der Waals surface area contributed by atoms with Crippen molar-refractivity contribution in [2.45, 2.75) is 0 Å². The molecule has 0 atom stereocenters. The third-order valence-corrected chi connectivity index (χ3v) is 5.16. The quantitative estimate of drug-likeness (QED) is 0.404. The highest BCUT2D eigenvalue weighted by Gasteiger charge is 2.17. The number of carbonyl (C=O) groups excluding carboxylic acids is 1. The number of nitrogens with zero attached hydrogens (tertiary/aromatic N) is 2. The van der Waals surface area contributed by atoms with E-state index < -0.39 is 5.97 Å². The maximum Gasteiger partial charge on any atom is 0.379 e. The number of benzene rings is 3. The molecule has 0 spiro atoms. The van der Waals surface area contributed by atoms with E-state index >= 15 is 0 Å². The summed E-state index contributed by atoms with van der Waals surface area (Å²) >= 11 is 0. The minimum absolute atomic E-state index is 0.182. The highest BCUT2D eigenvalue weighted by Crippen LogP contribution is 2.29. The molecule has 2 heterocycles. The molecule has 5 heteroatoms. The van der Waals surface area contributed by atoms with Crippen LogP contribution in [0.5, 0.6) is 0 Å². The molecule has 3 aromatic carbocycles. The van der Waals surface area contributed by atoms with Gasteiger partial charge in [0.25, 0.3) is 0 Å². The van der Waals surface area contributed by atoms with E-state index in [2.05, 4.69) is 40.5 Å². The minimum atomic E-state index is -0.505. The molecule has 0 saturated carbocycles. The van der Waals surface area contributed by atoms with E-state index in [1.807, 2.05) is 18.2 Å². The van der Waals surface area contributed by atoms with Gasteiger partial charge in [-0.25, -0.2) is 4.79 Å². The second-order valence-corrected chi connectivity index (χ2v) is 6.73. The van der Waals surface area contributed by atoms with Crippen molar-refractivity contribution in [3.8, 4) is 0 Å². The van der Waals surface area contributed by atoms with Crippen LogP contribution in [0.25, 0.3) is 33.4 Å². The second-order valence-electron chi connectivity index (χ2n) is 6.73. The van der Waals surface area contributed by atoms with E-state index in [1.165, 1.54) is 6.26 Å². The van der Waals surface area contributed by atoms with Crippen LogP contribution in [-0.4, -0.2) is 12.2 Å². The summed E-state index contributed by atoms with van der Waals surface area (Å²) in [6, 6.07) is 15.7. The number of esters is 1. The molecular weight excluding hydrogens is 352 g/mol. The highest BCUT2D eigenvalue weighted by molar-refractivity contribution is 6.12. The molecule has 0 fully saturated rings. The molecule has 0 N–H and O–H groups in total. The molecule has 1 aliphatic heterocycles. The van der Waals surface area contributed by atoms with Crippen LogP contribution in [0.3, 0.4) is 0 Å². The van der Waals surface area contributed by atoms with Crippen molar-refractivity contribution in [3.63, 3.8) is 0 Å². The summed E-state index contributed by atoms with van der Waals surface area (Å²) < 4.78 is 10.7. The maximum absolute atomic E-state index is 12.2. The zero-order valence-corrected chi connectivity index (χ0v) is 14.5. The molecule has 0 amide bonds. The number of furan rings is 1. The number of hydrogen-bond donors (Lipinski definition) is 0. The van der Waals surface area contributed by atoms with E-state index in [0.29, 0.717) is 5.76 Å². The minimum Gasteiger partial charge on any atom is -0.457 e. The molecule has 2 aliphatic rings. The van der Waals surface area contributed by atoms with Gasteiger partial charge in [-0.3, -0.25) is 0 Å². The van der Waals surface area contributed by atoms with Gasteiger partial charge >= 0.3 is 5.97 Å². The van der Waals surface area contributed by atoms with Gasteiger partial charge in [0, 0.05) is 10.8 Å². The molecule has 0 unspecified atom stereocenters. The van der Waals surface area contributed by atoms with E-state index in [9.17, 15) is 4.79 Å². The fourth-order valence-electron chi connectivity index (χ4n) is 3.84. The lowest BCUT2D eigenvalue weighted by molar-refractivity contribution is 0.0658. The first-order valence-corrected chi connectivity index (χ1v) is 8.86. The van der Waals surface area contributed by atoms with Gasteiger partial charge in [0.05, 0.1) is 17.8 Å². The van der Waals surface area contributed by atoms with Crippen molar-refractivity contribution in [1.29, 1.82) is 0 Å². The van der Waals surface area contributed by atoms with Crippen molar-refractivity contribution >= 4 is 45.6 Å². The molecule has 132 valence electrons. The predicted octanol–water partition coefficient (Wildman–Crippen LogP) is 3.55. The molecule has 5 nitrogen and oxygen atoms in total. The summed E-state index contributed by atoms with van der Waals surface area (Å²) in [6.07, 6.45) is 7.04. The van der Waals surface area contributed by atoms with Gasteiger partial charge in [-0.1, -0.05) is 18.2 Å². The maximum atomic E-state index is 12.2. The lowest BCUT2D eigenvalue weighted by atomic mass is 9.96. The Kier molecular flexibility index (Phi) is 2.97. The average Bonchev–Trinajstić information content (AvgIpc) is 3.46. The number of rotatable bonds is 2. The first-order chi connectivity index (χ1) is 13.8. The third kappa shape index (κ3) is 2.10. The summed E-state index contributed by atoms with van der Waals surface area (Å²) in [7, 11) is 0. The first kappa shape index (κ1) is 15.1. The van der Waals surface area contributed by atoms with Crippen LogP contribution < -0.4 is 10.6 Å². The van der Waals surface area contributed by atoms with Gasteiger partial charge < -0.3 is 9.15 Å². The van der Waals surface area contributed by atoms with E-state index in [4.69, 9.17) is 9.15 Å². The predicted molar refractivity (Wildman–Crippen MR) is 106 cm³/mol. The lowest BCUT2D eigenvalue weighted by Gasteiger charge is -2.07. The van der Waals surface area contributed by atoms with Crippen molar-refractivity contribution in [2.75, 3.05) is 0 Å². The Morgan fingerprint density at radius 1 is 0.964 bits per heavy atom. The molecule has 1 aliphatic carbocycles. The normalized spacial score (nSPS) is 13.8. The summed E-state index contributed by atoms with van der Waals surface area (Å²) in [4.78, 5) is 12.2. The second kappa shape index (κ2) is 5.50. The summed E-state index contributed by atoms with van der Waals surface area (Å²) in [5.74, 6) is 0.204. The monoisotopic (exact) mass is 364 g/mol. The van der Waals surface area contributed by atoms with Gasteiger partial charge in [0.1, 0.15) is 5.76 Å². The molecule has 28 heavy (non-hydrogen) atoms. The molecule has 0 radical (unpaired) electrons. The van der Waals surface area contributed by atoms with Crippen molar-refractivity contribution < 1.29 is 13.9 Å². The Hall–Kier alpha value is -3.99. The SMILES string of the molecule is O=C(OC1=c2ccc3c(ccc4cc5c(cc43)C=NN=5)c2C=C1)c1ccco1. The Morgan fingerprint density at radius 3 is 2.79 bits per heavy atom. The fraction of sp³-hybridized carbons (Fsp3) is 0. The Bertz CT molecular complexity index is 1490. The van der Waals surface area contributed by atoms with E-state index in [-0.39, 0.29) is 5.76 Å². The Labute approximate surface area is 158 Å². The number of carbonyl (C=O) groups is 1. The highest BCUT2D eigenvalue weighted by atomic mass is 16.5. The largest absolute Gasteiger partial charge is 0.457 e. The molecule has 6 rings (SSSR count). The summed E-state index contributed by atoms with van der Waals surface area (Å²) in [6.45, 7) is 0. The van der Waals surface area contributed by atoms with Crippen molar-refractivity contribution in [3.05, 3.63) is 88.3 Å². The van der Waals surface area contributed by atoms with E-state index in [1.54, 1.807) is 18.3 Å². The van der Waals surface area contributed by atoms with Gasteiger partial charge in [-0.05, 0) is 69.6 Å². The van der Waals surface area contributed by atoms with Crippen LogP contribution in [0, 0.1) is 0 Å². The Balaban J connectivity index is 1.54. The fourth-order valence-corrected chi connectivity index (χ4v) is 3.84. The van der Waals surface area contributed by atoms with Crippen LogP contribution in [0.15, 0.2) is 75.5 Å². The van der Waals surface area contributed by atoms with Crippen LogP contribution in [-0.2, 0) is 4.74 Å². The van der Waals surface area contributed by atoms with Crippen LogP contribution in [0.1, 0.15) is 21.7 Å². The summed E-state index contributed by atoms with van der Waals surface area (Å²) in [5.41, 5.74) is 2.07. The molecular formula is C23H12N2O3. The van der Waals surface area contributed by atoms with Gasteiger partial charge in [-0.15, -0.1) is 0 Å². The summed E-state index contributed by atoms with van der Waals surface area (Å²) in [5, 5.41) is 14.5. The number of ether oxygens (including phenoxy) is 1. The zero-order chi connectivity index (χ0) is 18.7. The van der Waals surface area contributed by atoms with Crippen LogP contribution >= 0.6 is 0 Å².